The van der Waals surface area contributed by atoms with Gasteiger partial charge < -0.3 is 4.42 Å². The maximum atomic E-state index is 6.51. The average Bonchev–Trinajstić information content (AvgIpc) is 3.90. The summed E-state index contributed by atoms with van der Waals surface area (Å²) in [4.78, 5) is 25.5. The Hall–Kier alpha value is -8.55. The van der Waals surface area contributed by atoms with Crippen LogP contribution in [0.3, 0.4) is 0 Å². The molecule has 0 bridgehead atoms. The van der Waals surface area contributed by atoms with Crippen LogP contribution in [0.25, 0.3) is 117 Å². The molecule has 0 atom stereocenters. The van der Waals surface area contributed by atoms with Gasteiger partial charge >= 0.3 is 0 Å². The lowest BCUT2D eigenvalue weighted by Gasteiger charge is -2.12. The summed E-state index contributed by atoms with van der Waals surface area (Å²) >= 11 is 0. The van der Waals surface area contributed by atoms with Gasteiger partial charge in [-0.1, -0.05) is 164 Å². The smallest absolute Gasteiger partial charge is 0.235 e. The summed E-state index contributed by atoms with van der Waals surface area (Å²) in [5.74, 6) is 2.42. The molecular weight excluding hydrogens is 761 g/mol. The number of benzene rings is 8. The van der Waals surface area contributed by atoms with Crippen LogP contribution in [0.5, 0.6) is 0 Å². The van der Waals surface area contributed by atoms with E-state index in [1.807, 2.05) is 109 Å². The van der Waals surface area contributed by atoms with Crippen LogP contribution in [0.1, 0.15) is 0 Å². The molecule has 8 aromatic carbocycles. The van der Waals surface area contributed by atoms with Crippen LogP contribution >= 0.6 is 0 Å². The van der Waals surface area contributed by atoms with E-state index in [2.05, 4.69) is 102 Å². The molecule has 4 heterocycles. The van der Waals surface area contributed by atoms with Gasteiger partial charge in [-0.25, -0.2) is 24.9 Å². The van der Waals surface area contributed by atoms with Crippen molar-refractivity contribution in [2.24, 2.45) is 0 Å². The highest BCUT2D eigenvalue weighted by atomic mass is 16.3. The zero-order valence-electron chi connectivity index (χ0n) is 33.2. The molecule has 0 radical (unpaired) electrons. The number of hydrogen-bond donors (Lipinski definition) is 0. The van der Waals surface area contributed by atoms with Crippen molar-refractivity contribution in [3.8, 4) is 73.8 Å². The van der Waals surface area contributed by atoms with Crippen molar-refractivity contribution >= 4 is 43.7 Å². The molecule has 0 unspecified atom stereocenters. The van der Waals surface area contributed by atoms with Gasteiger partial charge in [0.2, 0.25) is 5.95 Å². The molecule has 0 aliphatic carbocycles. The van der Waals surface area contributed by atoms with Gasteiger partial charge in [-0.15, -0.1) is 0 Å². The molecule has 7 heteroatoms. The molecule has 0 saturated carbocycles. The Kier molecular flexibility index (Phi) is 8.35. The number of aromatic nitrogens is 6. The standard InChI is InChI=1S/C55H34N6O/c1-5-16-35(17-6-1)45-34-46(36-18-7-2-8-19-36)57-55(56-45)61-47-26-14-13-24-41(47)43-32-39(28-30-48(43)61)40-29-31-49-44(33-40)51-42(25-15-27-50(51)62-49)54-59-52(37-20-9-3-10-21-37)58-53(60-54)38-22-11-4-12-23-38/h1-34H. The molecule has 0 spiro atoms. The van der Waals surface area contributed by atoms with E-state index in [0.29, 0.717) is 23.4 Å². The van der Waals surface area contributed by atoms with Crippen LogP contribution in [0.4, 0.5) is 0 Å². The molecule has 7 nitrogen and oxygen atoms in total. The minimum Gasteiger partial charge on any atom is -0.456 e. The lowest BCUT2D eigenvalue weighted by molar-refractivity contribution is 0.669. The number of furan rings is 1. The fraction of sp³-hybridized carbons (Fsp3) is 0. The summed E-state index contributed by atoms with van der Waals surface area (Å²) in [5.41, 5.74) is 12.3. The summed E-state index contributed by atoms with van der Waals surface area (Å²) in [6, 6.07) is 70.4. The van der Waals surface area contributed by atoms with Gasteiger partial charge in [0.25, 0.3) is 0 Å². The monoisotopic (exact) mass is 794 g/mol. The van der Waals surface area contributed by atoms with E-state index in [4.69, 9.17) is 29.3 Å². The van der Waals surface area contributed by atoms with Gasteiger partial charge in [0, 0.05) is 49.4 Å². The van der Waals surface area contributed by atoms with Crippen molar-refractivity contribution in [3.05, 3.63) is 206 Å². The van der Waals surface area contributed by atoms with Crippen molar-refractivity contribution in [3.63, 3.8) is 0 Å². The molecule has 4 aromatic heterocycles. The van der Waals surface area contributed by atoms with E-state index in [1.54, 1.807) is 0 Å². The number of hydrogen-bond acceptors (Lipinski definition) is 6. The number of nitrogens with zero attached hydrogens (tertiary/aromatic N) is 6. The maximum absolute atomic E-state index is 6.51. The maximum Gasteiger partial charge on any atom is 0.235 e. The first-order chi connectivity index (χ1) is 30.7. The Morgan fingerprint density at radius 1 is 0.323 bits per heavy atom. The predicted molar refractivity (Wildman–Crippen MR) is 250 cm³/mol. The third-order valence-electron chi connectivity index (χ3n) is 11.5. The molecule has 62 heavy (non-hydrogen) atoms. The van der Waals surface area contributed by atoms with Crippen LogP contribution in [0.15, 0.2) is 211 Å². The first-order valence-electron chi connectivity index (χ1n) is 20.6. The molecule has 290 valence electrons. The van der Waals surface area contributed by atoms with Crippen molar-refractivity contribution < 1.29 is 4.42 Å². The lowest BCUT2D eigenvalue weighted by atomic mass is 9.99. The largest absolute Gasteiger partial charge is 0.456 e. The molecule has 0 fully saturated rings. The van der Waals surface area contributed by atoms with E-state index in [9.17, 15) is 0 Å². The predicted octanol–water partition coefficient (Wildman–Crippen LogP) is 13.7. The van der Waals surface area contributed by atoms with Crippen LogP contribution in [0.2, 0.25) is 0 Å². The highest BCUT2D eigenvalue weighted by molar-refractivity contribution is 6.14. The Labute approximate surface area is 356 Å². The first kappa shape index (κ1) is 35.4. The minimum absolute atomic E-state index is 0.583. The minimum atomic E-state index is 0.583. The SMILES string of the molecule is c1ccc(-c2cc(-c3ccccc3)nc(-n3c4ccccc4c4cc(-c5ccc6oc7cccc(-c8nc(-c9ccccc9)nc(-c9ccccc9)n8)c7c6c5)ccc43)n2)cc1. The quantitative estimate of drug-likeness (QED) is 0.160. The van der Waals surface area contributed by atoms with Crippen molar-refractivity contribution in [2.75, 3.05) is 0 Å². The fourth-order valence-electron chi connectivity index (χ4n) is 8.54. The number of para-hydroxylation sites is 1. The number of fused-ring (bicyclic) bond motifs is 6. The van der Waals surface area contributed by atoms with Crippen LogP contribution in [0, 0.1) is 0 Å². The van der Waals surface area contributed by atoms with Gasteiger partial charge in [-0.05, 0) is 53.6 Å². The Balaban J connectivity index is 1.02. The van der Waals surface area contributed by atoms with Gasteiger partial charge in [0.1, 0.15) is 11.2 Å². The molecule has 12 rings (SSSR count). The summed E-state index contributed by atoms with van der Waals surface area (Å²) in [7, 11) is 0. The zero-order chi connectivity index (χ0) is 41.0. The third kappa shape index (κ3) is 6.11. The van der Waals surface area contributed by atoms with Gasteiger partial charge in [0.15, 0.2) is 17.5 Å². The normalized spacial score (nSPS) is 11.5. The highest BCUT2D eigenvalue weighted by Crippen LogP contribution is 2.40. The second-order valence-corrected chi connectivity index (χ2v) is 15.3. The summed E-state index contributed by atoms with van der Waals surface area (Å²) in [6.45, 7) is 0. The second-order valence-electron chi connectivity index (χ2n) is 15.3. The lowest BCUT2D eigenvalue weighted by Crippen LogP contribution is -2.03. The van der Waals surface area contributed by atoms with E-state index in [0.717, 1.165) is 94.1 Å². The Morgan fingerprint density at radius 3 is 1.47 bits per heavy atom. The molecule has 0 aliphatic heterocycles. The summed E-state index contributed by atoms with van der Waals surface area (Å²) < 4.78 is 8.70. The average molecular weight is 795 g/mol. The second kappa shape index (κ2) is 14.6. The van der Waals surface area contributed by atoms with E-state index < -0.39 is 0 Å². The molecule has 0 N–H and O–H groups in total. The summed E-state index contributed by atoms with van der Waals surface area (Å²) in [5, 5.41) is 4.17. The highest BCUT2D eigenvalue weighted by Gasteiger charge is 2.20. The van der Waals surface area contributed by atoms with Gasteiger partial charge in [-0.2, -0.15) is 0 Å². The first-order valence-corrected chi connectivity index (χ1v) is 20.6. The number of rotatable bonds is 7. The van der Waals surface area contributed by atoms with Crippen molar-refractivity contribution in [1.29, 1.82) is 0 Å². The topological polar surface area (TPSA) is 82.5 Å². The van der Waals surface area contributed by atoms with Gasteiger partial charge in [0.05, 0.1) is 22.4 Å². The van der Waals surface area contributed by atoms with Crippen LogP contribution in [-0.2, 0) is 0 Å². The van der Waals surface area contributed by atoms with E-state index in [1.165, 1.54) is 0 Å². The van der Waals surface area contributed by atoms with E-state index in [-0.39, 0.29) is 0 Å². The third-order valence-corrected chi connectivity index (χ3v) is 11.5. The molecule has 12 aromatic rings. The molecule has 0 amide bonds. The van der Waals surface area contributed by atoms with Gasteiger partial charge in [-0.3, -0.25) is 4.57 Å². The fourth-order valence-corrected chi connectivity index (χ4v) is 8.54. The summed E-state index contributed by atoms with van der Waals surface area (Å²) in [6.07, 6.45) is 0. The van der Waals surface area contributed by atoms with E-state index >= 15 is 0 Å². The molecule has 0 saturated heterocycles. The van der Waals surface area contributed by atoms with Crippen LogP contribution in [-0.4, -0.2) is 29.5 Å². The van der Waals surface area contributed by atoms with Crippen molar-refractivity contribution in [2.45, 2.75) is 0 Å². The van der Waals surface area contributed by atoms with Crippen LogP contribution < -0.4 is 0 Å². The molecular formula is C55H34N6O. The molecule has 0 aliphatic rings. The Morgan fingerprint density at radius 2 is 0.839 bits per heavy atom. The Bertz CT molecular complexity index is 3500. The van der Waals surface area contributed by atoms with Crippen molar-refractivity contribution in [1.82, 2.24) is 29.5 Å². The zero-order valence-corrected chi connectivity index (χ0v) is 33.2.